The molecule has 1 amide bonds. The van der Waals surface area contributed by atoms with Crippen LogP contribution in [0.3, 0.4) is 0 Å². The Kier molecular flexibility index (Phi) is 8.63. The number of rotatable bonds is 10. The summed E-state index contributed by atoms with van der Waals surface area (Å²) in [4.78, 5) is 31.9. The van der Waals surface area contributed by atoms with Gasteiger partial charge in [0.05, 0.1) is 22.3 Å². The van der Waals surface area contributed by atoms with E-state index in [0.29, 0.717) is 34.9 Å². The number of aromatic nitrogens is 3. The van der Waals surface area contributed by atoms with Crippen molar-refractivity contribution in [2.45, 2.75) is 39.5 Å². The highest BCUT2D eigenvalue weighted by Crippen LogP contribution is 2.27. The minimum atomic E-state index is -0.633. The fraction of sp³-hybridized carbons (Fsp3) is 0.296. The number of amidine groups is 1. The van der Waals surface area contributed by atoms with Gasteiger partial charge in [0, 0.05) is 30.5 Å². The van der Waals surface area contributed by atoms with Gasteiger partial charge in [0.1, 0.15) is 0 Å². The first-order chi connectivity index (χ1) is 18.0. The van der Waals surface area contributed by atoms with Gasteiger partial charge in [-0.1, -0.05) is 44.9 Å². The number of carbonyl (C=O) groups is 2. The van der Waals surface area contributed by atoms with Gasteiger partial charge in [-0.2, -0.15) is 5.10 Å². The Hall–Kier alpha value is -4.05. The van der Waals surface area contributed by atoms with Crippen molar-refractivity contribution in [3.05, 3.63) is 70.7 Å². The van der Waals surface area contributed by atoms with Crippen LogP contribution in [0.15, 0.2) is 60.2 Å². The van der Waals surface area contributed by atoms with E-state index < -0.39 is 6.09 Å². The molecule has 0 spiro atoms. The Balaban J connectivity index is 1.63. The second-order valence-corrected chi connectivity index (χ2v) is 9.41. The minimum absolute atomic E-state index is 0.114. The van der Waals surface area contributed by atoms with E-state index in [2.05, 4.69) is 22.3 Å². The molecular formula is C27H30N6O3S. The molecule has 0 saturated heterocycles. The molecular weight excluding hydrogens is 488 g/mol. The van der Waals surface area contributed by atoms with E-state index in [1.165, 1.54) is 11.3 Å². The standard InChI is InChI=1S/C27H30N6O3S/c1-3-5-13-30-27(35)36-26(28)32(15-6-4-2)20-10-7-9-19(17-20)22-12-14-29-25-21(18-31-33(22)25)24(34)23-11-8-16-37-23/h7-12,14,16-18,28H,3-6,13,15H2,1-2H3,(H,30,35). The molecule has 3 aromatic heterocycles. The van der Waals surface area contributed by atoms with Crippen molar-refractivity contribution in [2.75, 3.05) is 18.0 Å². The molecule has 0 unspecified atom stereocenters. The van der Waals surface area contributed by atoms with Crippen LogP contribution in [0.25, 0.3) is 16.9 Å². The van der Waals surface area contributed by atoms with E-state index in [0.717, 1.165) is 36.9 Å². The zero-order chi connectivity index (χ0) is 26.2. The van der Waals surface area contributed by atoms with Gasteiger partial charge in [0.25, 0.3) is 6.02 Å². The zero-order valence-electron chi connectivity index (χ0n) is 20.9. The molecule has 192 valence electrons. The number of unbranched alkanes of at least 4 members (excludes halogenated alkanes) is 2. The fourth-order valence-corrected chi connectivity index (χ4v) is 4.53. The molecule has 0 aliphatic carbocycles. The summed E-state index contributed by atoms with van der Waals surface area (Å²) >= 11 is 1.38. The minimum Gasteiger partial charge on any atom is -0.376 e. The van der Waals surface area contributed by atoms with Crippen LogP contribution >= 0.6 is 11.3 Å². The van der Waals surface area contributed by atoms with Crippen LogP contribution in [0.4, 0.5) is 10.5 Å². The molecule has 0 atom stereocenters. The summed E-state index contributed by atoms with van der Waals surface area (Å²) < 4.78 is 6.94. The second kappa shape index (κ2) is 12.3. The zero-order valence-corrected chi connectivity index (χ0v) is 21.8. The van der Waals surface area contributed by atoms with Crippen LogP contribution in [-0.4, -0.2) is 45.6 Å². The van der Waals surface area contributed by atoms with Crippen LogP contribution in [0.5, 0.6) is 0 Å². The lowest BCUT2D eigenvalue weighted by molar-refractivity contribution is 0.104. The number of nitrogens with one attached hydrogen (secondary N) is 2. The van der Waals surface area contributed by atoms with E-state index in [1.54, 1.807) is 27.9 Å². The largest absolute Gasteiger partial charge is 0.415 e. The highest BCUT2D eigenvalue weighted by molar-refractivity contribution is 7.12. The maximum absolute atomic E-state index is 13.0. The van der Waals surface area contributed by atoms with Crippen LogP contribution < -0.4 is 10.2 Å². The summed E-state index contributed by atoms with van der Waals surface area (Å²) in [6, 6.07) is 12.8. The van der Waals surface area contributed by atoms with E-state index >= 15 is 0 Å². The molecule has 37 heavy (non-hydrogen) atoms. The van der Waals surface area contributed by atoms with E-state index in [9.17, 15) is 9.59 Å². The van der Waals surface area contributed by atoms with E-state index in [1.807, 2.05) is 48.7 Å². The molecule has 0 aliphatic rings. The van der Waals surface area contributed by atoms with E-state index in [-0.39, 0.29) is 11.8 Å². The third kappa shape index (κ3) is 6.03. The van der Waals surface area contributed by atoms with Crippen molar-refractivity contribution in [3.63, 3.8) is 0 Å². The Labute approximate surface area is 219 Å². The van der Waals surface area contributed by atoms with Crippen molar-refractivity contribution < 1.29 is 14.3 Å². The average molecular weight is 519 g/mol. The van der Waals surface area contributed by atoms with Crippen molar-refractivity contribution >= 4 is 40.6 Å². The number of anilines is 1. The molecule has 9 nitrogen and oxygen atoms in total. The van der Waals surface area contributed by atoms with Gasteiger partial charge in [0.2, 0.25) is 5.78 Å². The first-order valence-corrected chi connectivity index (χ1v) is 13.2. The molecule has 0 bridgehead atoms. The topological polar surface area (TPSA) is 113 Å². The molecule has 4 rings (SSSR count). The van der Waals surface area contributed by atoms with Gasteiger partial charge < -0.3 is 10.1 Å². The molecule has 10 heteroatoms. The van der Waals surface area contributed by atoms with Crippen molar-refractivity contribution in [1.29, 1.82) is 5.41 Å². The monoisotopic (exact) mass is 518 g/mol. The highest BCUT2D eigenvalue weighted by Gasteiger charge is 2.20. The van der Waals surface area contributed by atoms with Gasteiger partial charge in [0.15, 0.2) is 5.65 Å². The third-order valence-electron chi connectivity index (χ3n) is 5.81. The number of nitrogens with zero attached hydrogens (tertiary/aromatic N) is 4. The first kappa shape index (κ1) is 26.0. The number of amides is 1. The fourth-order valence-electron chi connectivity index (χ4n) is 3.85. The lowest BCUT2D eigenvalue weighted by Crippen LogP contribution is -2.38. The van der Waals surface area contributed by atoms with Gasteiger partial charge in [-0.25, -0.2) is 14.3 Å². The summed E-state index contributed by atoms with van der Waals surface area (Å²) in [5.41, 5.74) is 3.20. The lowest BCUT2D eigenvalue weighted by atomic mass is 10.1. The normalized spacial score (nSPS) is 10.9. The number of carbonyl (C=O) groups excluding carboxylic acids is 2. The summed E-state index contributed by atoms with van der Waals surface area (Å²) in [5.74, 6) is -0.114. The molecule has 1 aromatic carbocycles. The molecule has 0 aliphatic heterocycles. The summed E-state index contributed by atoms with van der Waals surface area (Å²) in [7, 11) is 0. The molecule has 4 aromatic rings. The number of fused-ring (bicyclic) bond motifs is 1. The summed E-state index contributed by atoms with van der Waals surface area (Å²) in [6.07, 6.45) is 6.11. The van der Waals surface area contributed by atoms with Crippen molar-refractivity contribution in [3.8, 4) is 11.3 Å². The quantitative estimate of drug-likeness (QED) is 0.120. The highest BCUT2D eigenvalue weighted by atomic mass is 32.1. The maximum atomic E-state index is 13.0. The van der Waals surface area contributed by atoms with Crippen molar-refractivity contribution in [2.24, 2.45) is 0 Å². The number of alkyl carbamates (subject to hydrolysis) is 1. The Morgan fingerprint density at radius 1 is 1.14 bits per heavy atom. The van der Waals surface area contributed by atoms with Gasteiger partial charge >= 0.3 is 6.09 Å². The van der Waals surface area contributed by atoms with Crippen LogP contribution in [0.1, 0.15) is 54.8 Å². The number of ketones is 1. The smallest absolute Gasteiger partial charge is 0.376 e. The molecule has 0 saturated carbocycles. The van der Waals surface area contributed by atoms with Gasteiger partial charge in [-0.15, -0.1) is 11.3 Å². The lowest BCUT2D eigenvalue weighted by Gasteiger charge is -2.24. The van der Waals surface area contributed by atoms with Crippen LogP contribution in [0.2, 0.25) is 0 Å². The van der Waals surface area contributed by atoms with Gasteiger partial charge in [-0.05, 0) is 42.5 Å². The summed E-state index contributed by atoms with van der Waals surface area (Å²) in [6.45, 7) is 5.13. The maximum Gasteiger partial charge on any atom is 0.415 e. The van der Waals surface area contributed by atoms with Crippen molar-refractivity contribution in [1.82, 2.24) is 19.9 Å². The van der Waals surface area contributed by atoms with Crippen LogP contribution in [-0.2, 0) is 4.74 Å². The number of ether oxygens (including phenoxy) is 1. The van der Waals surface area contributed by atoms with Crippen LogP contribution in [0, 0.1) is 5.41 Å². The predicted octanol–water partition coefficient (Wildman–Crippen LogP) is 5.76. The number of hydrogen-bond donors (Lipinski definition) is 2. The Morgan fingerprint density at radius 3 is 2.73 bits per heavy atom. The molecule has 2 N–H and O–H groups in total. The molecule has 0 radical (unpaired) electrons. The number of thiophene rings is 1. The Morgan fingerprint density at radius 2 is 1.97 bits per heavy atom. The number of hydrogen-bond acceptors (Lipinski definition) is 7. The second-order valence-electron chi connectivity index (χ2n) is 8.46. The number of benzene rings is 1. The molecule has 0 fully saturated rings. The average Bonchev–Trinajstić information content (AvgIpc) is 3.59. The first-order valence-electron chi connectivity index (χ1n) is 12.4. The third-order valence-corrected chi connectivity index (χ3v) is 6.68. The Bertz CT molecular complexity index is 1380. The van der Waals surface area contributed by atoms with Gasteiger partial charge in [-0.3, -0.25) is 15.1 Å². The summed E-state index contributed by atoms with van der Waals surface area (Å²) in [5, 5.41) is 17.5. The molecule has 3 heterocycles. The predicted molar refractivity (Wildman–Crippen MR) is 146 cm³/mol. The van der Waals surface area contributed by atoms with E-state index in [4.69, 9.17) is 10.1 Å². The SMILES string of the molecule is CCCCNC(=O)OC(=N)N(CCCC)c1cccc(-c2ccnc3c(C(=O)c4cccs4)cnn23)c1.